The highest BCUT2D eigenvalue weighted by atomic mass is 16.5. The first-order valence-electron chi connectivity index (χ1n) is 6.66. The third-order valence-electron chi connectivity index (χ3n) is 3.24. The van der Waals surface area contributed by atoms with Crippen molar-refractivity contribution < 1.29 is 14.3 Å². The Hall–Kier alpha value is -2.49. The van der Waals surface area contributed by atoms with Gasteiger partial charge in [0.2, 0.25) is 0 Å². The zero-order valence-electron chi connectivity index (χ0n) is 12.5. The van der Waals surface area contributed by atoms with Gasteiger partial charge in [-0.3, -0.25) is 4.79 Å². The summed E-state index contributed by atoms with van der Waals surface area (Å²) in [6.07, 6.45) is 0. The lowest BCUT2D eigenvalue weighted by atomic mass is 10.1. The summed E-state index contributed by atoms with van der Waals surface area (Å²) in [5, 5.41) is 0. The fourth-order valence-electron chi connectivity index (χ4n) is 2.05. The molecule has 0 aliphatic carbocycles. The Kier molecular flexibility index (Phi) is 4.82. The summed E-state index contributed by atoms with van der Waals surface area (Å²) in [7, 11) is 5.00. The van der Waals surface area contributed by atoms with Gasteiger partial charge >= 0.3 is 0 Å². The smallest absolute Gasteiger partial charge is 0.254 e. The van der Waals surface area contributed by atoms with Crippen molar-refractivity contribution in [2.75, 3.05) is 21.3 Å². The van der Waals surface area contributed by atoms with Crippen molar-refractivity contribution in [1.29, 1.82) is 0 Å². The Labute approximate surface area is 124 Å². The number of carbonyl (C=O) groups excluding carboxylic acids is 1. The summed E-state index contributed by atoms with van der Waals surface area (Å²) < 4.78 is 10.3. The molecule has 0 saturated carbocycles. The minimum atomic E-state index is -0.0373. The first-order chi connectivity index (χ1) is 10.1. The normalized spacial score (nSPS) is 10.0. The van der Waals surface area contributed by atoms with Crippen molar-refractivity contribution in [2.24, 2.45) is 0 Å². The molecule has 2 aromatic rings. The van der Waals surface area contributed by atoms with Crippen LogP contribution < -0.4 is 9.47 Å². The van der Waals surface area contributed by atoms with Gasteiger partial charge < -0.3 is 14.4 Å². The number of benzene rings is 2. The minimum Gasteiger partial charge on any atom is -0.497 e. The highest BCUT2D eigenvalue weighted by Gasteiger charge is 2.12. The van der Waals surface area contributed by atoms with Crippen molar-refractivity contribution in [1.82, 2.24) is 4.90 Å². The first-order valence-corrected chi connectivity index (χ1v) is 6.66. The average Bonchev–Trinajstić information content (AvgIpc) is 2.54. The van der Waals surface area contributed by atoms with Crippen LogP contribution in [0.5, 0.6) is 11.5 Å². The lowest BCUT2D eigenvalue weighted by Crippen LogP contribution is -2.26. The number of hydrogen-bond donors (Lipinski definition) is 0. The van der Waals surface area contributed by atoms with Gasteiger partial charge in [-0.1, -0.05) is 18.2 Å². The zero-order chi connectivity index (χ0) is 15.2. The maximum absolute atomic E-state index is 12.4. The number of ether oxygens (including phenoxy) is 2. The van der Waals surface area contributed by atoms with Gasteiger partial charge in [0.05, 0.1) is 14.2 Å². The number of nitrogens with zero attached hydrogens (tertiary/aromatic N) is 1. The van der Waals surface area contributed by atoms with Gasteiger partial charge in [0.1, 0.15) is 11.5 Å². The molecule has 4 heteroatoms. The van der Waals surface area contributed by atoms with E-state index in [4.69, 9.17) is 9.47 Å². The zero-order valence-corrected chi connectivity index (χ0v) is 12.5. The van der Waals surface area contributed by atoms with Gasteiger partial charge in [0, 0.05) is 19.2 Å². The van der Waals surface area contributed by atoms with Gasteiger partial charge in [0.15, 0.2) is 0 Å². The maximum Gasteiger partial charge on any atom is 0.254 e. The van der Waals surface area contributed by atoms with Crippen molar-refractivity contribution in [3.05, 3.63) is 59.7 Å². The second-order valence-electron chi connectivity index (χ2n) is 4.74. The summed E-state index contributed by atoms with van der Waals surface area (Å²) in [5.74, 6) is 1.45. The molecule has 21 heavy (non-hydrogen) atoms. The van der Waals surface area contributed by atoms with Gasteiger partial charge in [-0.05, 0) is 35.9 Å². The third kappa shape index (κ3) is 3.75. The SMILES string of the molecule is COc1ccc(CN(C)C(=O)c2cccc(OC)c2)cc1. The van der Waals surface area contributed by atoms with Crippen molar-refractivity contribution in [2.45, 2.75) is 6.54 Å². The first kappa shape index (κ1) is 14.9. The van der Waals surface area contributed by atoms with E-state index in [2.05, 4.69) is 0 Å². The largest absolute Gasteiger partial charge is 0.497 e. The number of hydrogen-bond acceptors (Lipinski definition) is 3. The van der Waals surface area contributed by atoms with Crippen LogP contribution >= 0.6 is 0 Å². The highest BCUT2D eigenvalue weighted by molar-refractivity contribution is 5.94. The Morgan fingerprint density at radius 1 is 1.00 bits per heavy atom. The summed E-state index contributed by atoms with van der Waals surface area (Å²) in [5.41, 5.74) is 1.67. The quantitative estimate of drug-likeness (QED) is 0.847. The highest BCUT2D eigenvalue weighted by Crippen LogP contribution is 2.16. The number of carbonyl (C=O) groups is 1. The molecule has 0 heterocycles. The molecule has 0 spiro atoms. The second kappa shape index (κ2) is 6.79. The number of amides is 1. The molecule has 1 amide bonds. The minimum absolute atomic E-state index is 0.0373. The average molecular weight is 285 g/mol. The molecule has 4 nitrogen and oxygen atoms in total. The lowest BCUT2D eigenvalue weighted by molar-refractivity contribution is 0.0784. The molecular formula is C17H19NO3. The second-order valence-corrected chi connectivity index (χ2v) is 4.74. The number of rotatable bonds is 5. The predicted molar refractivity (Wildman–Crippen MR) is 81.8 cm³/mol. The fourth-order valence-corrected chi connectivity index (χ4v) is 2.05. The van der Waals surface area contributed by atoms with Crippen LogP contribution in [0.1, 0.15) is 15.9 Å². The Balaban J connectivity index is 2.07. The maximum atomic E-state index is 12.4. The summed E-state index contributed by atoms with van der Waals surface area (Å²) in [4.78, 5) is 14.1. The van der Waals surface area contributed by atoms with Crippen molar-refractivity contribution >= 4 is 5.91 Å². The molecule has 0 aromatic heterocycles. The van der Waals surface area contributed by atoms with Gasteiger partial charge in [-0.2, -0.15) is 0 Å². The Morgan fingerprint density at radius 2 is 1.67 bits per heavy atom. The summed E-state index contributed by atoms with van der Waals surface area (Å²) in [6.45, 7) is 0.542. The van der Waals surface area contributed by atoms with E-state index in [1.165, 1.54) is 0 Å². The fraction of sp³-hybridized carbons (Fsp3) is 0.235. The Bertz CT molecular complexity index is 608. The molecule has 2 aromatic carbocycles. The van der Waals surface area contributed by atoms with E-state index in [-0.39, 0.29) is 5.91 Å². The van der Waals surface area contributed by atoms with Crippen LogP contribution in [0.4, 0.5) is 0 Å². The third-order valence-corrected chi connectivity index (χ3v) is 3.24. The predicted octanol–water partition coefficient (Wildman–Crippen LogP) is 2.98. The van der Waals surface area contributed by atoms with Crippen molar-refractivity contribution in [3.63, 3.8) is 0 Å². The molecular weight excluding hydrogens is 266 g/mol. The van der Waals surface area contributed by atoms with Crippen LogP contribution in [0, 0.1) is 0 Å². The molecule has 0 fully saturated rings. The van der Waals surface area contributed by atoms with E-state index in [0.29, 0.717) is 17.9 Å². The van der Waals surface area contributed by atoms with E-state index in [9.17, 15) is 4.79 Å². The van der Waals surface area contributed by atoms with E-state index in [1.54, 1.807) is 38.3 Å². The molecule has 0 aliphatic rings. The van der Waals surface area contributed by atoms with Crippen LogP contribution in [0.15, 0.2) is 48.5 Å². The molecule has 0 aliphatic heterocycles. The molecule has 0 unspecified atom stereocenters. The van der Waals surface area contributed by atoms with Crippen LogP contribution in [-0.2, 0) is 6.54 Å². The van der Waals surface area contributed by atoms with E-state index < -0.39 is 0 Å². The van der Waals surface area contributed by atoms with E-state index in [1.807, 2.05) is 36.4 Å². The Morgan fingerprint density at radius 3 is 2.29 bits per heavy atom. The standard InChI is InChI=1S/C17H19NO3/c1-18(12-13-7-9-15(20-2)10-8-13)17(19)14-5-4-6-16(11-14)21-3/h4-11H,12H2,1-3H3. The van der Waals surface area contributed by atoms with E-state index >= 15 is 0 Å². The van der Waals surface area contributed by atoms with Crippen LogP contribution in [0.3, 0.4) is 0 Å². The topological polar surface area (TPSA) is 38.8 Å². The number of methoxy groups -OCH3 is 2. The van der Waals surface area contributed by atoms with Crippen molar-refractivity contribution in [3.8, 4) is 11.5 Å². The molecule has 0 N–H and O–H groups in total. The van der Waals surface area contributed by atoms with Gasteiger partial charge in [-0.25, -0.2) is 0 Å². The van der Waals surface area contributed by atoms with Crippen LogP contribution in [-0.4, -0.2) is 32.1 Å². The van der Waals surface area contributed by atoms with Gasteiger partial charge in [-0.15, -0.1) is 0 Å². The molecule has 2 rings (SSSR count). The summed E-state index contributed by atoms with van der Waals surface area (Å²) in [6, 6.07) is 14.8. The lowest BCUT2D eigenvalue weighted by Gasteiger charge is -2.18. The molecule has 0 atom stereocenters. The van der Waals surface area contributed by atoms with Crippen LogP contribution in [0.25, 0.3) is 0 Å². The molecule has 0 radical (unpaired) electrons. The van der Waals surface area contributed by atoms with E-state index in [0.717, 1.165) is 11.3 Å². The van der Waals surface area contributed by atoms with Crippen LogP contribution in [0.2, 0.25) is 0 Å². The summed E-state index contributed by atoms with van der Waals surface area (Å²) >= 11 is 0. The monoisotopic (exact) mass is 285 g/mol. The van der Waals surface area contributed by atoms with Gasteiger partial charge in [0.25, 0.3) is 5.91 Å². The molecule has 0 saturated heterocycles. The molecule has 0 bridgehead atoms. The molecule has 110 valence electrons.